The minimum atomic E-state index is 0. The van der Waals surface area contributed by atoms with E-state index in [1.807, 2.05) is 0 Å². The summed E-state index contributed by atoms with van der Waals surface area (Å²) in [6, 6.07) is 6.91. The van der Waals surface area contributed by atoms with E-state index in [4.69, 9.17) is 5.73 Å². The zero-order valence-corrected chi connectivity index (χ0v) is 16.8. The van der Waals surface area contributed by atoms with E-state index in [0.29, 0.717) is 17.9 Å². The van der Waals surface area contributed by atoms with E-state index in [-0.39, 0.29) is 12.4 Å². The third-order valence-electron chi connectivity index (χ3n) is 5.17. The van der Waals surface area contributed by atoms with Gasteiger partial charge in [-0.3, -0.25) is 0 Å². The number of nitrogen functional groups attached to an aromatic ring is 1. The zero-order chi connectivity index (χ0) is 16.3. The summed E-state index contributed by atoms with van der Waals surface area (Å²) in [6.45, 7) is 3.20. The monoisotopic (exact) mass is 439 g/mol. The number of halogens is 2. The summed E-state index contributed by atoms with van der Waals surface area (Å²) in [7, 11) is 0. The normalized spacial score (nSPS) is 23.0. The van der Waals surface area contributed by atoms with Gasteiger partial charge in [0.05, 0.1) is 10.2 Å². The number of nitrogens with two attached hydrogens (primary N) is 1. The number of benzene rings is 1. The minimum Gasteiger partial charge on any atom is -0.368 e. The number of hydrogen-bond donors (Lipinski definition) is 2. The summed E-state index contributed by atoms with van der Waals surface area (Å²) in [6.07, 6.45) is 2.57. The van der Waals surface area contributed by atoms with Crippen LogP contribution in [-0.2, 0) is 0 Å². The molecule has 4 heterocycles. The highest BCUT2D eigenvalue weighted by atomic mass is 79.9. The van der Waals surface area contributed by atoms with Crippen molar-refractivity contribution in [1.29, 1.82) is 0 Å². The molecule has 0 radical (unpaired) electrons. The van der Waals surface area contributed by atoms with Crippen LogP contribution in [0.4, 0.5) is 11.8 Å². The van der Waals surface area contributed by atoms with Gasteiger partial charge in [-0.25, -0.2) is 4.98 Å². The lowest BCUT2D eigenvalue weighted by Crippen LogP contribution is -2.40. The molecule has 0 amide bonds. The third-order valence-corrected chi connectivity index (χ3v) is 6.82. The Balaban J connectivity index is 0.00000157. The van der Waals surface area contributed by atoms with E-state index in [1.54, 1.807) is 11.3 Å². The van der Waals surface area contributed by atoms with Crippen LogP contribution in [0.2, 0.25) is 0 Å². The topological polar surface area (TPSA) is 67.1 Å². The maximum atomic E-state index is 6.06. The molecule has 0 bridgehead atoms. The molecule has 3 N–H and O–H groups in total. The first kappa shape index (κ1) is 17.3. The molecule has 3 aromatic rings. The Kier molecular flexibility index (Phi) is 4.52. The van der Waals surface area contributed by atoms with Crippen molar-refractivity contribution in [3.8, 4) is 0 Å². The quantitative estimate of drug-likeness (QED) is 0.602. The summed E-state index contributed by atoms with van der Waals surface area (Å²) in [5.74, 6) is 2.08. The Morgan fingerprint density at radius 3 is 3.00 bits per heavy atom. The lowest BCUT2D eigenvalue weighted by atomic mass is 9.94. The largest absolute Gasteiger partial charge is 0.368 e. The van der Waals surface area contributed by atoms with E-state index in [9.17, 15) is 0 Å². The average Bonchev–Trinajstić information content (AvgIpc) is 3.15. The number of nitrogens with one attached hydrogen (secondary N) is 1. The summed E-state index contributed by atoms with van der Waals surface area (Å²) in [4.78, 5) is 11.6. The lowest BCUT2D eigenvalue weighted by Gasteiger charge is -2.24. The fourth-order valence-electron chi connectivity index (χ4n) is 4.05. The van der Waals surface area contributed by atoms with Crippen molar-refractivity contribution < 1.29 is 0 Å². The first-order valence-electron chi connectivity index (χ1n) is 8.32. The predicted octanol–water partition coefficient (Wildman–Crippen LogP) is 3.80. The van der Waals surface area contributed by atoms with Gasteiger partial charge < -0.3 is 16.0 Å². The van der Waals surface area contributed by atoms with Crippen LogP contribution in [0.3, 0.4) is 0 Å². The van der Waals surface area contributed by atoms with Gasteiger partial charge in [0.1, 0.15) is 0 Å². The molecule has 2 aliphatic rings. The molecule has 2 saturated heterocycles. The van der Waals surface area contributed by atoms with Gasteiger partial charge in [-0.05, 0) is 43.5 Å². The number of anilines is 2. The van der Waals surface area contributed by atoms with Crippen LogP contribution in [0.25, 0.3) is 20.3 Å². The summed E-state index contributed by atoms with van der Waals surface area (Å²) in [5.41, 5.74) is 7.03. The number of aromatic nitrogens is 2. The van der Waals surface area contributed by atoms with E-state index < -0.39 is 0 Å². The van der Waals surface area contributed by atoms with Crippen LogP contribution in [-0.4, -0.2) is 35.6 Å². The maximum Gasteiger partial charge on any atom is 0.222 e. The van der Waals surface area contributed by atoms with Crippen molar-refractivity contribution in [3.05, 3.63) is 22.7 Å². The van der Waals surface area contributed by atoms with Gasteiger partial charge in [-0.1, -0.05) is 15.9 Å². The molecular weight excluding hydrogens is 422 g/mol. The van der Waals surface area contributed by atoms with Gasteiger partial charge in [0.2, 0.25) is 5.95 Å². The first-order valence-corrected chi connectivity index (χ1v) is 9.93. The standard InChI is InChI=1S/C17H18BrN5S.ClH/c18-10-3-4-13-11(6-10)14-15(24-13)16(22-17(19)21-14)23-7-9-2-1-5-20-12(9)8-23;/h3-4,6,9,12,20H,1-2,5,7-8H2,(H2,19,21,22);1H. The van der Waals surface area contributed by atoms with Crippen LogP contribution in [0, 0.1) is 5.92 Å². The van der Waals surface area contributed by atoms with Crippen LogP contribution >= 0.6 is 39.7 Å². The molecule has 2 unspecified atom stereocenters. The maximum absolute atomic E-state index is 6.06. The summed E-state index contributed by atoms with van der Waals surface area (Å²) < 4.78 is 3.44. The van der Waals surface area contributed by atoms with Crippen molar-refractivity contribution in [2.24, 2.45) is 5.92 Å². The summed E-state index contributed by atoms with van der Waals surface area (Å²) in [5, 5.41) is 4.81. The van der Waals surface area contributed by atoms with Crippen LogP contribution in [0.5, 0.6) is 0 Å². The number of rotatable bonds is 1. The number of nitrogens with zero attached hydrogens (tertiary/aromatic N) is 3. The molecule has 5 rings (SSSR count). The van der Waals surface area contributed by atoms with Crippen molar-refractivity contribution in [1.82, 2.24) is 15.3 Å². The van der Waals surface area contributed by atoms with E-state index in [0.717, 1.165) is 45.5 Å². The molecule has 2 aromatic heterocycles. The number of hydrogen-bond acceptors (Lipinski definition) is 6. The highest BCUT2D eigenvalue weighted by Gasteiger charge is 2.35. The average molecular weight is 441 g/mol. The van der Waals surface area contributed by atoms with Gasteiger partial charge in [0, 0.05) is 33.7 Å². The first-order chi connectivity index (χ1) is 11.7. The molecular formula is C17H19BrClN5S. The highest BCUT2D eigenvalue weighted by molar-refractivity contribution is 9.10. The number of piperidine rings is 1. The Labute approximate surface area is 164 Å². The van der Waals surface area contributed by atoms with Gasteiger partial charge >= 0.3 is 0 Å². The van der Waals surface area contributed by atoms with Gasteiger partial charge in [0.15, 0.2) is 5.82 Å². The smallest absolute Gasteiger partial charge is 0.222 e. The molecule has 8 heteroatoms. The Morgan fingerprint density at radius 2 is 2.16 bits per heavy atom. The van der Waals surface area contributed by atoms with Crippen molar-refractivity contribution >= 4 is 71.7 Å². The highest BCUT2D eigenvalue weighted by Crippen LogP contribution is 2.40. The van der Waals surface area contributed by atoms with E-state index in [2.05, 4.69) is 54.3 Å². The fourth-order valence-corrected chi connectivity index (χ4v) is 5.55. The Hall–Kier alpha value is -1.15. The van der Waals surface area contributed by atoms with Crippen molar-refractivity contribution in [2.75, 3.05) is 30.3 Å². The van der Waals surface area contributed by atoms with Crippen LogP contribution in [0.15, 0.2) is 22.7 Å². The lowest BCUT2D eigenvalue weighted by molar-refractivity contribution is 0.340. The fraction of sp³-hybridized carbons (Fsp3) is 0.412. The Bertz CT molecular complexity index is 932. The molecule has 132 valence electrons. The van der Waals surface area contributed by atoms with Gasteiger partial charge in [-0.2, -0.15) is 4.98 Å². The van der Waals surface area contributed by atoms with E-state index in [1.165, 1.54) is 17.5 Å². The summed E-state index contributed by atoms with van der Waals surface area (Å²) >= 11 is 5.32. The zero-order valence-electron chi connectivity index (χ0n) is 13.5. The second kappa shape index (κ2) is 6.54. The molecule has 0 aliphatic carbocycles. The molecule has 0 spiro atoms. The predicted molar refractivity (Wildman–Crippen MR) is 111 cm³/mol. The van der Waals surface area contributed by atoms with Crippen molar-refractivity contribution in [2.45, 2.75) is 18.9 Å². The number of thiophene rings is 1. The Morgan fingerprint density at radius 1 is 1.28 bits per heavy atom. The van der Waals surface area contributed by atoms with Crippen LogP contribution in [0.1, 0.15) is 12.8 Å². The molecule has 0 saturated carbocycles. The SMILES string of the molecule is Cl.Nc1nc(N2CC3CCCNC3C2)c2sc3ccc(Br)cc3c2n1. The van der Waals surface area contributed by atoms with Crippen LogP contribution < -0.4 is 16.0 Å². The third kappa shape index (κ3) is 2.87. The molecule has 25 heavy (non-hydrogen) atoms. The second-order valence-corrected chi connectivity index (χ2v) is 8.66. The minimum absolute atomic E-state index is 0. The van der Waals surface area contributed by atoms with Crippen molar-refractivity contribution in [3.63, 3.8) is 0 Å². The van der Waals surface area contributed by atoms with Gasteiger partial charge in [-0.15, -0.1) is 23.7 Å². The molecule has 5 nitrogen and oxygen atoms in total. The number of fused-ring (bicyclic) bond motifs is 4. The second-order valence-electron chi connectivity index (χ2n) is 6.69. The molecule has 1 aromatic carbocycles. The molecule has 2 aliphatic heterocycles. The molecule has 2 fully saturated rings. The van der Waals surface area contributed by atoms with Gasteiger partial charge in [0.25, 0.3) is 0 Å². The van der Waals surface area contributed by atoms with E-state index >= 15 is 0 Å². The molecule has 2 atom stereocenters.